The summed E-state index contributed by atoms with van der Waals surface area (Å²) in [6, 6.07) is 1.80. The van der Waals surface area contributed by atoms with Gasteiger partial charge in [-0.05, 0) is 44.4 Å². The summed E-state index contributed by atoms with van der Waals surface area (Å²) in [4.78, 5) is 1.10. The lowest BCUT2D eigenvalue weighted by atomic mass is 10.2. The summed E-state index contributed by atoms with van der Waals surface area (Å²) < 4.78 is 28.0. The van der Waals surface area contributed by atoms with Crippen LogP contribution < -0.4 is 10.0 Å². The number of hydrogen-bond donors (Lipinski definition) is 2. The van der Waals surface area contributed by atoms with Crippen molar-refractivity contribution >= 4 is 21.4 Å². The van der Waals surface area contributed by atoms with Gasteiger partial charge in [0, 0.05) is 17.5 Å². The fourth-order valence-electron chi connectivity index (χ4n) is 2.26. The highest BCUT2D eigenvalue weighted by Crippen LogP contribution is 2.34. The van der Waals surface area contributed by atoms with Crippen molar-refractivity contribution < 1.29 is 8.42 Å². The molecular weight excluding hydrogens is 292 g/mol. The van der Waals surface area contributed by atoms with Crippen LogP contribution in [0, 0.1) is 12.8 Å². The zero-order valence-corrected chi connectivity index (χ0v) is 14.0. The second-order valence-electron chi connectivity index (χ2n) is 5.65. The molecule has 1 aromatic heterocycles. The van der Waals surface area contributed by atoms with Crippen LogP contribution >= 0.6 is 11.3 Å². The number of thiophene rings is 1. The van der Waals surface area contributed by atoms with Gasteiger partial charge >= 0.3 is 0 Å². The molecule has 1 atom stereocenters. The molecule has 1 aliphatic rings. The third-order valence-electron chi connectivity index (χ3n) is 3.54. The smallest absolute Gasteiger partial charge is 0.250 e. The number of rotatable bonds is 8. The molecule has 1 aromatic rings. The fraction of sp³-hybridized carbons (Fsp3) is 0.714. The van der Waals surface area contributed by atoms with Crippen molar-refractivity contribution in [1.29, 1.82) is 0 Å². The van der Waals surface area contributed by atoms with Crippen molar-refractivity contribution in [2.24, 2.45) is 5.92 Å². The summed E-state index contributed by atoms with van der Waals surface area (Å²) in [5, 5.41) is 3.24. The lowest BCUT2D eigenvalue weighted by Crippen LogP contribution is -2.32. The number of aryl methyl sites for hydroxylation is 1. The topological polar surface area (TPSA) is 58.2 Å². The van der Waals surface area contributed by atoms with Crippen molar-refractivity contribution in [2.75, 3.05) is 6.54 Å². The van der Waals surface area contributed by atoms with Gasteiger partial charge in [0.2, 0.25) is 10.0 Å². The Hall–Kier alpha value is -0.430. The van der Waals surface area contributed by atoms with Gasteiger partial charge in [-0.1, -0.05) is 19.8 Å². The van der Waals surface area contributed by atoms with Gasteiger partial charge < -0.3 is 5.32 Å². The second-order valence-corrected chi connectivity index (χ2v) is 8.73. The molecular formula is C14H24N2O2S2. The molecule has 0 spiro atoms. The first kappa shape index (κ1) is 15.9. The summed E-state index contributed by atoms with van der Waals surface area (Å²) in [5.74, 6) is 0.724. The first-order valence-corrected chi connectivity index (χ1v) is 9.54. The summed E-state index contributed by atoms with van der Waals surface area (Å²) >= 11 is 1.37. The maximum atomic E-state index is 12.4. The van der Waals surface area contributed by atoms with Crippen LogP contribution in [-0.4, -0.2) is 21.0 Å². The predicted octanol–water partition coefficient (Wildman–Crippen LogP) is 2.63. The molecule has 2 rings (SSSR count). The van der Waals surface area contributed by atoms with E-state index in [1.165, 1.54) is 24.2 Å². The van der Waals surface area contributed by atoms with Crippen LogP contribution in [0.3, 0.4) is 0 Å². The monoisotopic (exact) mass is 316 g/mol. The van der Waals surface area contributed by atoms with Crippen LogP contribution in [0.2, 0.25) is 0 Å². The van der Waals surface area contributed by atoms with Crippen LogP contribution in [0.4, 0.5) is 0 Å². The van der Waals surface area contributed by atoms with Crippen molar-refractivity contribution in [3.8, 4) is 0 Å². The fourth-order valence-corrected chi connectivity index (χ4v) is 5.09. The zero-order valence-electron chi connectivity index (χ0n) is 12.4. The number of nitrogens with one attached hydrogen (secondary N) is 2. The molecule has 2 N–H and O–H groups in total. The van der Waals surface area contributed by atoms with Crippen molar-refractivity contribution in [3.63, 3.8) is 0 Å². The van der Waals surface area contributed by atoms with Gasteiger partial charge in [-0.2, -0.15) is 0 Å². The van der Waals surface area contributed by atoms with Crippen LogP contribution in [0.5, 0.6) is 0 Å². The van der Waals surface area contributed by atoms with Crippen molar-refractivity contribution in [2.45, 2.75) is 56.8 Å². The molecule has 20 heavy (non-hydrogen) atoms. The molecule has 1 heterocycles. The molecule has 1 saturated carbocycles. The standard InChI is InChI=1S/C14H24N2O2S2/c1-4-15-9-13-10(2)7-14(19-13)20(17,18)16-11(3)8-12-5-6-12/h7,11-12,15-16H,4-6,8-9H2,1-3H3. The Kier molecular flexibility index (Phi) is 5.23. The highest BCUT2D eigenvalue weighted by molar-refractivity contribution is 7.91. The molecule has 0 aromatic carbocycles. The van der Waals surface area contributed by atoms with E-state index in [0.717, 1.165) is 35.9 Å². The minimum Gasteiger partial charge on any atom is -0.312 e. The van der Waals surface area contributed by atoms with Gasteiger partial charge in [0.05, 0.1) is 0 Å². The Morgan fingerprint density at radius 1 is 1.45 bits per heavy atom. The van der Waals surface area contributed by atoms with E-state index < -0.39 is 10.0 Å². The van der Waals surface area contributed by atoms with Crippen molar-refractivity contribution in [3.05, 3.63) is 16.5 Å². The van der Waals surface area contributed by atoms with E-state index in [4.69, 9.17) is 0 Å². The predicted molar refractivity (Wildman–Crippen MR) is 83.6 cm³/mol. The molecule has 0 bridgehead atoms. The molecule has 1 aliphatic carbocycles. The van der Waals surface area contributed by atoms with Gasteiger partial charge in [0.1, 0.15) is 4.21 Å². The van der Waals surface area contributed by atoms with E-state index in [-0.39, 0.29) is 6.04 Å². The summed E-state index contributed by atoms with van der Waals surface area (Å²) in [6.07, 6.45) is 3.45. The highest BCUT2D eigenvalue weighted by Gasteiger charge is 2.27. The SMILES string of the molecule is CCNCc1sc(S(=O)(=O)NC(C)CC2CC2)cc1C. The van der Waals surface area contributed by atoms with Gasteiger partial charge in [-0.25, -0.2) is 13.1 Å². The number of hydrogen-bond acceptors (Lipinski definition) is 4. The van der Waals surface area contributed by atoms with E-state index in [2.05, 4.69) is 10.0 Å². The zero-order chi connectivity index (χ0) is 14.8. The Morgan fingerprint density at radius 2 is 2.15 bits per heavy atom. The highest BCUT2D eigenvalue weighted by atomic mass is 32.2. The summed E-state index contributed by atoms with van der Waals surface area (Å²) in [5.41, 5.74) is 1.05. The van der Waals surface area contributed by atoms with E-state index in [1.54, 1.807) is 6.07 Å². The average Bonchev–Trinajstić information content (AvgIpc) is 3.07. The van der Waals surface area contributed by atoms with Gasteiger partial charge in [-0.3, -0.25) is 0 Å². The second kappa shape index (κ2) is 6.56. The maximum Gasteiger partial charge on any atom is 0.250 e. The quantitative estimate of drug-likeness (QED) is 0.775. The molecule has 4 nitrogen and oxygen atoms in total. The lowest BCUT2D eigenvalue weighted by Gasteiger charge is -2.12. The normalized spacial score (nSPS) is 17.4. The molecule has 1 unspecified atom stereocenters. The van der Waals surface area contributed by atoms with Crippen molar-refractivity contribution in [1.82, 2.24) is 10.0 Å². The largest absolute Gasteiger partial charge is 0.312 e. The molecule has 0 amide bonds. The first-order chi connectivity index (χ1) is 9.42. The van der Waals surface area contributed by atoms with Crippen LogP contribution in [0.25, 0.3) is 0 Å². The molecule has 0 saturated heterocycles. The summed E-state index contributed by atoms with van der Waals surface area (Å²) in [7, 11) is -3.36. The van der Waals surface area contributed by atoms with E-state index in [1.807, 2.05) is 20.8 Å². The maximum absolute atomic E-state index is 12.4. The molecule has 114 valence electrons. The van der Waals surface area contributed by atoms with E-state index in [0.29, 0.717) is 4.21 Å². The van der Waals surface area contributed by atoms with E-state index in [9.17, 15) is 8.42 Å². The third-order valence-corrected chi connectivity index (χ3v) is 6.84. The van der Waals surface area contributed by atoms with E-state index >= 15 is 0 Å². The van der Waals surface area contributed by atoms with Crippen LogP contribution in [0.15, 0.2) is 10.3 Å². The Morgan fingerprint density at radius 3 is 2.75 bits per heavy atom. The minimum atomic E-state index is -3.36. The molecule has 0 aliphatic heterocycles. The Balaban J connectivity index is 2.04. The minimum absolute atomic E-state index is 0.0205. The van der Waals surface area contributed by atoms with Gasteiger partial charge in [0.25, 0.3) is 0 Å². The Bertz CT molecular complexity index is 548. The molecule has 1 fully saturated rings. The third kappa shape index (κ3) is 4.28. The number of sulfonamides is 1. The average molecular weight is 316 g/mol. The Labute approximate surface area is 126 Å². The molecule has 6 heteroatoms. The first-order valence-electron chi connectivity index (χ1n) is 7.24. The van der Waals surface area contributed by atoms with Crippen LogP contribution in [-0.2, 0) is 16.6 Å². The summed E-state index contributed by atoms with van der Waals surface area (Å²) in [6.45, 7) is 7.59. The van der Waals surface area contributed by atoms with Gasteiger partial charge in [-0.15, -0.1) is 11.3 Å². The lowest BCUT2D eigenvalue weighted by molar-refractivity contribution is 0.531. The van der Waals surface area contributed by atoms with Gasteiger partial charge in [0.15, 0.2) is 0 Å². The molecule has 0 radical (unpaired) electrons. The van der Waals surface area contributed by atoms with Crippen LogP contribution in [0.1, 0.15) is 43.6 Å².